The molecule has 0 bridgehead atoms. The molecule has 2 aromatic rings. The van der Waals surface area contributed by atoms with Crippen LogP contribution < -0.4 is 0 Å². The lowest BCUT2D eigenvalue weighted by Crippen LogP contribution is -2.23. The van der Waals surface area contributed by atoms with Crippen LogP contribution in [0.1, 0.15) is 25.0 Å². The van der Waals surface area contributed by atoms with Crippen molar-refractivity contribution in [1.82, 2.24) is 4.31 Å². The topological polar surface area (TPSA) is 37.4 Å². The van der Waals surface area contributed by atoms with Crippen LogP contribution in [0.25, 0.3) is 0 Å². The summed E-state index contributed by atoms with van der Waals surface area (Å²) in [7, 11) is -2.13. The molecule has 3 nitrogen and oxygen atoms in total. The van der Waals surface area contributed by atoms with E-state index in [0.29, 0.717) is 0 Å². The maximum absolute atomic E-state index is 12.5. The maximum Gasteiger partial charge on any atom is 0.270 e. The summed E-state index contributed by atoms with van der Waals surface area (Å²) in [6.45, 7) is 5.87. The first-order valence-corrected chi connectivity index (χ1v) is 8.81. The van der Waals surface area contributed by atoms with Gasteiger partial charge in [0.15, 0.2) is 0 Å². The van der Waals surface area contributed by atoms with E-state index in [1.165, 1.54) is 7.05 Å². The Labute approximate surface area is 139 Å². The predicted molar refractivity (Wildman–Crippen MR) is 93.4 cm³/mol. The third-order valence-electron chi connectivity index (χ3n) is 3.70. The van der Waals surface area contributed by atoms with Gasteiger partial charge in [-0.25, -0.2) is 12.7 Å². The van der Waals surface area contributed by atoms with E-state index in [-0.39, 0.29) is 4.90 Å². The average Bonchev–Trinajstić information content (AvgIpc) is 2.54. The Hall–Kier alpha value is -2.25. The molecular formula is C19H21NO2S. The highest BCUT2D eigenvalue weighted by molar-refractivity contribution is 7.89. The van der Waals surface area contributed by atoms with Crippen molar-refractivity contribution in [2.45, 2.75) is 31.1 Å². The van der Waals surface area contributed by atoms with E-state index in [0.717, 1.165) is 15.4 Å². The first-order chi connectivity index (χ1) is 10.7. The molecule has 4 heteroatoms. The summed E-state index contributed by atoms with van der Waals surface area (Å²) in [6, 6.07) is 19.4. The minimum Gasteiger partial charge on any atom is -0.228 e. The summed E-state index contributed by atoms with van der Waals surface area (Å²) in [5, 5.41) is 0. The normalized spacial score (nSPS) is 11.5. The van der Waals surface area contributed by atoms with Crippen molar-refractivity contribution in [3.05, 3.63) is 65.7 Å². The molecule has 0 unspecified atom stereocenters. The van der Waals surface area contributed by atoms with E-state index >= 15 is 0 Å². The van der Waals surface area contributed by atoms with Crippen LogP contribution >= 0.6 is 0 Å². The Bertz CT molecular complexity index is 826. The molecule has 2 rings (SSSR count). The van der Waals surface area contributed by atoms with Crippen molar-refractivity contribution in [1.29, 1.82) is 0 Å². The van der Waals surface area contributed by atoms with Crippen LogP contribution in [0.5, 0.6) is 0 Å². The number of nitrogens with zero attached hydrogens (tertiary/aromatic N) is 1. The Balaban J connectivity index is 2.28. The molecule has 120 valence electrons. The van der Waals surface area contributed by atoms with Gasteiger partial charge >= 0.3 is 0 Å². The van der Waals surface area contributed by atoms with Crippen LogP contribution in [-0.2, 0) is 15.4 Å². The lowest BCUT2D eigenvalue weighted by Gasteiger charge is -2.19. The van der Waals surface area contributed by atoms with Gasteiger partial charge in [0.2, 0.25) is 0 Å². The van der Waals surface area contributed by atoms with Gasteiger partial charge in [-0.05, 0) is 38.5 Å². The van der Waals surface area contributed by atoms with E-state index in [1.807, 2.05) is 51.1 Å². The molecule has 0 aliphatic rings. The molecule has 0 atom stereocenters. The monoisotopic (exact) mass is 327 g/mol. The van der Waals surface area contributed by atoms with E-state index in [2.05, 4.69) is 12.0 Å². The number of sulfonamides is 1. The van der Waals surface area contributed by atoms with Crippen LogP contribution in [0.4, 0.5) is 0 Å². The molecule has 23 heavy (non-hydrogen) atoms. The van der Waals surface area contributed by atoms with Crippen molar-refractivity contribution in [2.75, 3.05) is 7.05 Å². The number of hydrogen-bond acceptors (Lipinski definition) is 2. The van der Waals surface area contributed by atoms with Crippen molar-refractivity contribution >= 4 is 10.0 Å². The fourth-order valence-corrected chi connectivity index (χ4v) is 3.04. The Morgan fingerprint density at radius 3 is 2.09 bits per heavy atom. The summed E-state index contributed by atoms with van der Waals surface area (Å²) in [5.41, 5.74) is 1.63. The van der Waals surface area contributed by atoms with Gasteiger partial charge in [0, 0.05) is 13.1 Å². The summed E-state index contributed by atoms with van der Waals surface area (Å²) >= 11 is 0. The van der Waals surface area contributed by atoms with E-state index in [4.69, 9.17) is 0 Å². The second kappa shape index (κ2) is 6.47. The zero-order chi connectivity index (χ0) is 17.1. The molecule has 0 spiro atoms. The lowest BCUT2D eigenvalue weighted by atomic mass is 9.86. The van der Waals surface area contributed by atoms with Crippen LogP contribution in [0.15, 0.2) is 59.5 Å². The van der Waals surface area contributed by atoms with Gasteiger partial charge in [0.1, 0.15) is 0 Å². The van der Waals surface area contributed by atoms with Gasteiger partial charge in [-0.2, -0.15) is 0 Å². The summed E-state index contributed by atoms with van der Waals surface area (Å²) in [5.74, 6) is 3.06. The van der Waals surface area contributed by atoms with Gasteiger partial charge in [0.05, 0.1) is 10.3 Å². The fourth-order valence-electron chi connectivity index (χ4n) is 2.07. The van der Waals surface area contributed by atoms with Crippen LogP contribution in [-0.4, -0.2) is 19.8 Å². The summed E-state index contributed by atoms with van der Waals surface area (Å²) in [4.78, 5) is 0.248. The minimum absolute atomic E-state index is 0.248. The Kier molecular flexibility index (Phi) is 4.82. The molecular weight excluding hydrogens is 306 g/mol. The Morgan fingerprint density at radius 2 is 1.52 bits per heavy atom. The zero-order valence-corrected chi connectivity index (χ0v) is 14.7. The van der Waals surface area contributed by atoms with Crippen LogP contribution in [0.3, 0.4) is 0 Å². The SMILES string of the molecule is Cc1ccc(S(=O)(=O)N(C)C#CC(C)(C)c2ccccc2)cc1. The number of aryl methyl sites for hydroxylation is 1. The van der Waals surface area contributed by atoms with E-state index < -0.39 is 15.4 Å². The minimum atomic E-state index is -3.60. The molecule has 0 amide bonds. The molecule has 0 heterocycles. The van der Waals surface area contributed by atoms with E-state index in [9.17, 15) is 8.42 Å². The van der Waals surface area contributed by atoms with Crippen molar-refractivity contribution < 1.29 is 8.42 Å². The van der Waals surface area contributed by atoms with Gasteiger partial charge < -0.3 is 0 Å². The molecule has 0 aliphatic heterocycles. The molecule has 0 N–H and O–H groups in total. The highest BCUT2D eigenvalue weighted by atomic mass is 32.2. The van der Waals surface area contributed by atoms with Gasteiger partial charge in [-0.1, -0.05) is 53.9 Å². The summed E-state index contributed by atoms with van der Waals surface area (Å²) < 4.78 is 26.1. The third kappa shape index (κ3) is 3.94. The molecule has 0 saturated carbocycles. The van der Waals surface area contributed by atoms with Crippen LogP contribution in [0.2, 0.25) is 0 Å². The highest BCUT2D eigenvalue weighted by Gasteiger charge is 2.20. The molecule has 0 aliphatic carbocycles. The quantitative estimate of drug-likeness (QED) is 0.638. The van der Waals surface area contributed by atoms with Crippen molar-refractivity contribution in [2.24, 2.45) is 0 Å². The number of rotatable bonds is 3. The van der Waals surface area contributed by atoms with Crippen LogP contribution in [0, 0.1) is 18.9 Å². The maximum atomic E-state index is 12.5. The highest BCUT2D eigenvalue weighted by Crippen LogP contribution is 2.22. The van der Waals surface area contributed by atoms with Gasteiger partial charge in [-0.15, -0.1) is 0 Å². The molecule has 0 fully saturated rings. The first kappa shape index (κ1) is 17.1. The standard InChI is InChI=1S/C19H21NO2S/c1-16-10-12-18(13-11-16)23(21,22)20(4)15-14-19(2,3)17-8-6-5-7-9-17/h5-13H,1-4H3. The van der Waals surface area contributed by atoms with E-state index in [1.54, 1.807) is 24.3 Å². The molecule has 2 aromatic carbocycles. The predicted octanol–water partition coefficient (Wildman–Crippen LogP) is 3.55. The lowest BCUT2D eigenvalue weighted by molar-refractivity contribution is 0.546. The second-order valence-electron chi connectivity index (χ2n) is 6.01. The summed E-state index contributed by atoms with van der Waals surface area (Å²) in [6.07, 6.45) is 0. The largest absolute Gasteiger partial charge is 0.270 e. The number of hydrogen-bond donors (Lipinski definition) is 0. The molecule has 0 saturated heterocycles. The zero-order valence-electron chi connectivity index (χ0n) is 13.9. The number of benzene rings is 2. The second-order valence-corrected chi connectivity index (χ2v) is 7.98. The fraction of sp³-hybridized carbons (Fsp3) is 0.263. The van der Waals surface area contributed by atoms with Gasteiger partial charge in [-0.3, -0.25) is 0 Å². The molecule has 0 aromatic heterocycles. The van der Waals surface area contributed by atoms with Crippen molar-refractivity contribution in [3.8, 4) is 12.0 Å². The average molecular weight is 327 g/mol. The third-order valence-corrected chi connectivity index (χ3v) is 5.38. The van der Waals surface area contributed by atoms with Crippen molar-refractivity contribution in [3.63, 3.8) is 0 Å². The Morgan fingerprint density at radius 1 is 0.957 bits per heavy atom. The van der Waals surface area contributed by atoms with Gasteiger partial charge in [0.25, 0.3) is 10.0 Å². The molecule has 0 radical (unpaired) electrons. The first-order valence-electron chi connectivity index (χ1n) is 7.37. The smallest absolute Gasteiger partial charge is 0.228 e.